The molecule has 0 unspecified atom stereocenters. The number of aliphatic hydroxyl groups excluding tert-OH is 1. The number of aromatic nitrogens is 3. The predicted molar refractivity (Wildman–Crippen MR) is 83.0 cm³/mol. The van der Waals surface area contributed by atoms with E-state index in [1.165, 1.54) is 5.56 Å². The van der Waals surface area contributed by atoms with Crippen LogP contribution in [0.15, 0.2) is 18.5 Å². The summed E-state index contributed by atoms with van der Waals surface area (Å²) in [6.07, 6.45) is 5.68. The lowest BCUT2D eigenvalue weighted by Crippen LogP contribution is -2.36. The molecule has 5 nitrogen and oxygen atoms in total. The van der Waals surface area contributed by atoms with Gasteiger partial charge in [-0.15, -0.1) is 0 Å². The Bertz CT molecular complexity index is 616. The third-order valence-corrected chi connectivity index (χ3v) is 4.21. The fourth-order valence-electron chi connectivity index (χ4n) is 3.12. The molecule has 1 aliphatic carbocycles. The van der Waals surface area contributed by atoms with Gasteiger partial charge in [-0.3, -0.25) is 0 Å². The molecule has 1 N–H and O–H groups in total. The van der Waals surface area contributed by atoms with Crippen molar-refractivity contribution in [2.75, 3.05) is 13.6 Å². The molecule has 114 valence electrons. The molecular formula is C16H24N4O. The fourth-order valence-corrected chi connectivity index (χ4v) is 3.12. The minimum Gasteiger partial charge on any atom is -0.393 e. The summed E-state index contributed by atoms with van der Waals surface area (Å²) < 4.78 is 1.96. The second-order valence-electron chi connectivity index (χ2n) is 6.63. The number of rotatable bonds is 5. The van der Waals surface area contributed by atoms with Gasteiger partial charge in [0.2, 0.25) is 0 Å². The van der Waals surface area contributed by atoms with Crippen LogP contribution in [0, 0.1) is 5.92 Å². The molecule has 0 atom stereocenters. The Morgan fingerprint density at radius 2 is 2.14 bits per heavy atom. The smallest absolute Gasteiger partial charge is 0.157 e. The summed E-state index contributed by atoms with van der Waals surface area (Å²) >= 11 is 0. The van der Waals surface area contributed by atoms with Crippen molar-refractivity contribution in [1.82, 2.24) is 19.7 Å². The van der Waals surface area contributed by atoms with E-state index >= 15 is 0 Å². The van der Waals surface area contributed by atoms with Crippen LogP contribution in [0.3, 0.4) is 0 Å². The molecule has 0 amide bonds. The van der Waals surface area contributed by atoms with Crippen molar-refractivity contribution in [2.24, 2.45) is 5.92 Å². The summed E-state index contributed by atoms with van der Waals surface area (Å²) in [4.78, 5) is 6.89. The van der Waals surface area contributed by atoms with Gasteiger partial charge in [0.05, 0.1) is 12.3 Å². The lowest BCUT2D eigenvalue weighted by Gasteiger charge is -2.34. The van der Waals surface area contributed by atoms with E-state index in [1.54, 1.807) is 0 Å². The van der Waals surface area contributed by atoms with Gasteiger partial charge >= 0.3 is 0 Å². The molecule has 2 aromatic rings. The molecule has 1 fully saturated rings. The van der Waals surface area contributed by atoms with Crippen molar-refractivity contribution in [1.29, 1.82) is 0 Å². The second kappa shape index (κ2) is 5.73. The van der Waals surface area contributed by atoms with Crippen LogP contribution in [0.2, 0.25) is 0 Å². The van der Waals surface area contributed by atoms with Gasteiger partial charge in [0.15, 0.2) is 5.65 Å². The lowest BCUT2D eigenvalue weighted by molar-refractivity contribution is 0.0274. The molecule has 2 aromatic heterocycles. The van der Waals surface area contributed by atoms with E-state index in [0.29, 0.717) is 12.0 Å². The van der Waals surface area contributed by atoms with E-state index in [-0.39, 0.29) is 6.10 Å². The highest BCUT2D eigenvalue weighted by atomic mass is 16.3. The Balaban J connectivity index is 1.67. The van der Waals surface area contributed by atoms with E-state index in [0.717, 1.165) is 37.0 Å². The number of hydrogen-bond donors (Lipinski definition) is 1. The maximum absolute atomic E-state index is 9.35. The highest BCUT2D eigenvalue weighted by molar-refractivity contribution is 5.75. The third-order valence-electron chi connectivity index (χ3n) is 4.21. The van der Waals surface area contributed by atoms with E-state index in [2.05, 4.69) is 41.9 Å². The predicted octanol–water partition coefficient (Wildman–Crippen LogP) is 2.21. The van der Waals surface area contributed by atoms with Gasteiger partial charge in [-0.05, 0) is 51.3 Å². The second-order valence-corrected chi connectivity index (χ2v) is 6.63. The van der Waals surface area contributed by atoms with Gasteiger partial charge in [0.25, 0.3) is 0 Å². The molecule has 0 saturated heterocycles. The summed E-state index contributed by atoms with van der Waals surface area (Å²) in [5, 5.41) is 14.9. The molecule has 0 aliphatic heterocycles. The number of nitrogens with zero attached hydrogens (tertiary/aromatic N) is 4. The van der Waals surface area contributed by atoms with Crippen LogP contribution < -0.4 is 0 Å². The van der Waals surface area contributed by atoms with Gasteiger partial charge in [0.1, 0.15) is 0 Å². The Morgan fingerprint density at radius 1 is 1.38 bits per heavy atom. The Hall–Kier alpha value is -1.46. The monoisotopic (exact) mass is 288 g/mol. The normalized spacial score (nSPS) is 22.2. The zero-order valence-electron chi connectivity index (χ0n) is 13.0. The number of pyridine rings is 1. The molecule has 5 heteroatoms. The van der Waals surface area contributed by atoms with Crippen LogP contribution in [-0.2, 0) is 6.54 Å². The van der Waals surface area contributed by atoms with Crippen LogP contribution in [0.4, 0.5) is 0 Å². The van der Waals surface area contributed by atoms with Crippen LogP contribution >= 0.6 is 0 Å². The lowest BCUT2D eigenvalue weighted by atomic mass is 9.82. The standard InChI is InChI=1S/C16H24N4O/c1-11(2)20-16-14(8-18-20)4-13(7-17-16)10-19(3)9-12-5-15(21)6-12/h4,7-8,11-12,15,21H,5-6,9-10H2,1-3H3. The highest BCUT2D eigenvalue weighted by Gasteiger charge is 2.27. The molecule has 0 bridgehead atoms. The summed E-state index contributed by atoms with van der Waals surface area (Å²) in [6, 6.07) is 2.51. The van der Waals surface area contributed by atoms with Crippen molar-refractivity contribution in [3.8, 4) is 0 Å². The van der Waals surface area contributed by atoms with Gasteiger partial charge < -0.3 is 10.0 Å². The minimum absolute atomic E-state index is 0.0664. The zero-order valence-corrected chi connectivity index (χ0v) is 13.0. The summed E-state index contributed by atoms with van der Waals surface area (Å²) in [5.74, 6) is 0.644. The number of aliphatic hydroxyl groups is 1. The zero-order chi connectivity index (χ0) is 15.0. The van der Waals surface area contributed by atoms with Crippen molar-refractivity contribution >= 4 is 11.0 Å². The Labute approximate surface area is 125 Å². The van der Waals surface area contributed by atoms with Crippen molar-refractivity contribution in [3.05, 3.63) is 24.0 Å². The molecule has 0 spiro atoms. The van der Waals surface area contributed by atoms with E-state index in [9.17, 15) is 5.11 Å². The van der Waals surface area contributed by atoms with Gasteiger partial charge in [0, 0.05) is 30.7 Å². The summed E-state index contributed by atoms with van der Waals surface area (Å²) in [7, 11) is 2.13. The van der Waals surface area contributed by atoms with E-state index in [4.69, 9.17) is 0 Å². The maximum atomic E-state index is 9.35. The van der Waals surface area contributed by atoms with Crippen molar-refractivity contribution < 1.29 is 5.11 Å². The Morgan fingerprint density at radius 3 is 2.81 bits per heavy atom. The first-order valence-electron chi connectivity index (χ1n) is 7.71. The first kappa shape index (κ1) is 14.5. The summed E-state index contributed by atoms with van der Waals surface area (Å²) in [5.41, 5.74) is 2.17. The average molecular weight is 288 g/mol. The number of fused-ring (bicyclic) bond motifs is 1. The molecule has 21 heavy (non-hydrogen) atoms. The maximum Gasteiger partial charge on any atom is 0.157 e. The van der Waals surface area contributed by atoms with Crippen LogP contribution in [-0.4, -0.2) is 44.5 Å². The highest BCUT2D eigenvalue weighted by Crippen LogP contribution is 2.28. The van der Waals surface area contributed by atoms with Crippen molar-refractivity contribution in [2.45, 2.75) is 45.4 Å². The minimum atomic E-state index is -0.0664. The largest absolute Gasteiger partial charge is 0.393 e. The molecular weight excluding hydrogens is 264 g/mol. The SMILES string of the molecule is CC(C)n1ncc2cc(CN(C)CC3CC(O)C3)cnc21. The first-order chi connectivity index (χ1) is 10.0. The third kappa shape index (κ3) is 3.09. The molecule has 0 aromatic carbocycles. The molecule has 2 heterocycles. The average Bonchev–Trinajstić information content (AvgIpc) is 2.80. The quantitative estimate of drug-likeness (QED) is 0.916. The fraction of sp³-hybridized carbons (Fsp3) is 0.625. The van der Waals surface area contributed by atoms with Crippen LogP contribution in [0.1, 0.15) is 38.3 Å². The molecule has 1 saturated carbocycles. The van der Waals surface area contributed by atoms with Crippen LogP contribution in [0.25, 0.3) is 11.0 Å². The van der Waals surface area contributed by atoms with E-state index in [1.807, 2.05) is 17.1 Å². The summed E-state index contributed by atoms with van der Waals surface area (Å²) in [6.45, 7) is 6.16. The van der Waals surface area contributed by atoms with Gasteiger partial charge in [-0.1, -0.05) is 0 Å². The van der Waals surface area contributed by atoms with E-state index < -0.39 is 0 Å². The molecule has 3 rings (SSSR count). The molecule has 0 radical (unpaired) electrons. The topological polar surface area (TPSA) is 54.2 Å². The van der Waals surface area contributed by atoms with Crippen molar-refractivity contribution in [3.63, 3.8) is 0 Å². The van der Waals surface area contributed by atoms with Gasteiger partial charge in [-0.25, -0.2) is 9.67 Å². The molecule has 1 aliphatic rings. The van der Waals surface area contributed by atoms with Gasteiger partial charge in [-0.2, -0.15) is 5.10 Å². The van der Waals surface area contributed by atoms with Crippen LogP contribution in [0.5, 0.6) is 0 Å². The number of hydrogen-bond acceptors (Lipinski definition) is 4. The first-order valence-corrected chi connectivity index (χ1v) is 7.71. The Kier molecular flexibility index (Phi) is 3.95.